The van der Waals surface area contributed by atoms with Crippen LogP contribution in [0.4, 0.5) is 0 Å². The highest BCUT2D eigenvalue weighted by Gasteiger charge is 2.20. The number of rotatable bonds is 4. The van der Waals surface area contributed by atoms with Crippen molar-refractivity contribution in [2.75, 3.05) is 0 Å². The number of carbonyl (C=O) groups is 1. The average molecular weight is 272 g/mol. The highest BCUT2D eigenvalue weighted by molar-refractivity contribution is 5.91. The van der Waals surface area contributed by atoms with Crippen molar-refractivity contribution in [3.8, 4) is 23.7 Å². The van der Waals surface area contributed by atoms with Crippen molar-refractivity contribution < 1.29 is 19.7 Å². The van der Waals surface area contributed by atoms with Gasteiger partial charge in [0, 0.05) is 5.57 Å². The van der Waals surface area contributed by atoms with E-state index in [2.05, 4.69) is 30.3 Å². The second kappa shape index (κ2) is 8.01. The van der Waals surface area contributed by atoms with E-state index in [4.69, 9.17) is 9.84 Å². The highest BCUT2D eigenvalue weighted by atomic mass is 16.5. The van der Waals surface area contributed by atoms with Gasteiger partial charge in [0.2, 0.25) is 0 Å². The lowest BCUT2D eigenvalue weighted by atomic mass is 10.1. The van der Waals surface area contributed by atoms with Crippen molar-refractivity contribution in [3.05, 3.63) is 36.5 Å². The van der Waals surface area contributed by atoms with Gasteiger partial charge in [0.15, 0.2) is 0 Å². The zero-order chi connectivity index (χ0) is 15.0. The zero-order valence-electron chi connectivity index (χ0n) is 11.2. The number of aliphatic hydroxyl groups is 2. The fourth-order valence-corrected chi connectivity index (χ4v) is 1.43. The minimum absolute atomic E-state index is 0.192. The van der Waals surface area contributed by atoms with E-state index in [9.17, 15) is 9.90 Å². The summed E-state index contributed by atoms with van der Waals surface area (Å²) in [5.41, 5.74) is 0.572. The number of hydrogen-bond donors (Lipinski definition) is 2. The molecule has 3 unspecified atom stereocenters. The molecule has 0 fully saturated rings. The summed E-state index contributed by atoms with van der Waals surface area (Å²) in [7, 11) is 0. The van der Waals surface area contributed by atoms with Crippen LogP contribution >= 0.6 is 0 Å². The van der Waals surface area contributed by atoms with E-state index in [1.807, 2.05) is 0 Å². The van der Waals surface area contributed by atoms with Crippen molar-refractivity contribution in [1.29, 1.82) is 0 Å². The summed E-state index contributed by atoms with van der Waals surface area (Å²) < 4.78 is 4.94. The van der Waals surface area contributed by atoms with Crippen molar-refractivity contribution in [2.45, 2.75) is 31.7 Å². The van der Waals surface area contributed by atoms with Gasteiger partial charge in [0.25, 0.3) is 0 Å². The Hall–Kier alpha value is -2.27. The van der Waals surface area contributed by atoms with Crippen LogP contribution in [-0.2, 0) is 9.53 Å². The van der Waals surface area contributed by atoms with E-state index in [0.717, 1.165) is 0 Å². The Labute approximate surface area is 118 Å². The normalized spacial score (nSPS) is 20.1. The molecule has 4 nitrogen and oxygen atoms in total. The minimum atomic E-state index is -0.972. The molecule has 104 valence electrons. The molecular weight excluding hydrogens is 256 g/mol. The van der Waals surface area contributed by atoms with Gasteiger partial charge in [-0.15, -0.1) is 0 Å². The summed E-state index contributed by atoms with van der Waals surface area (Å²) in [5, 5.41) is 18.6. The van der Waals surface area contributed by atoms with E-state index in [-0.39, 0.29) is 12.1 Å². The molecule has 0 aromatic heterocycles. The number of ether oxygens (including phenoxy) is 1. The number of allylic oxidation sites excluding steroid dienone is 1. The second-order valence-electron chi connectivity index (χ2n) is 4.10. The van der Waals surface area contributed by atoms with Crippen molar-refractivity contribution in [2.24, 2.45) is 0 Å². The molecule has 2 N–H and O–H groups in total. The van der Waals surface area contributed by atoms with E-state index in [0.29, 0.717) is 12.0 Å². The summed E-state index contributed by atoms with van der Waals surface area (Å²) in [4.78, 5) is 11.3. The summed E-state index contributed by atoms with van der Waals surface area (Å²) in [5.74, 6) is 9.37. The molecular formula is C16H16O4. The number of cyclic esters (lactones) is 1. The fourth-order valence-electron chi connectivity index (χ4n) is 1.43. The lowest BCUT2D eigenvalue weighted by molar-refractivity contribution is -0.139. The molecule has 0 aromatic rings. The molecule has 0 saturated heterocycles. The molecule has 0 radical (unpaired) electrons. The van der Waals surface area contributed by atoms with Gasteiger partial charge in [-0.2, -0.15) is 0 Å². The first-order valence-electron chi connectivity index (χ1n) is 6.11. The molecule has 1 aliphatic heterocycles. The van der Waals surface area contributed by atoms with Crippen LogP contribution < -0.4 is 0 Å². The second-order valence-corrected chi connectivity index (χ2v) is 4.10. The van der Waals surface area contributed by atoms with E-state index in [1.54, 1.807) is 19.1 Å². The topological polar surface area (TPSA) is 66.8 Å². The molecule has 1 aliphatic rings. The van der Waals surface area contributed by atoms with Crippen LogP contribution in [0.5, 0.6) is 0 Å². The smallest absolute Gasteiger partial charge is 0.334 e. The molecule has 0 aliphatic carbocycles. The Bertz CT molecular complexity index is 548. The number of esters is 1. The maximum atomic E-state index is 11.3. The number of hydrogen-bond acceptors (Lipinski definition) is 4. The summed E-state index contributed by atoms with van der Waals surface area (Å²) in [6.07, 6.45) is 4.45. The Morgan fingerprint density at radius 3 is 2.60 bits per heavy atom. The monoisotopic (exact) mass is 272 g/mol. The van der Waals surface area contributed by atoms with Crippen LogP contribution in [0.1, 0.15) is 13.3 Å². The molecule has 1 heterocycles. The highest BCUT2D eigenvalue weighted by Crippen LogP contribution is 2.16. The third kappa shape index (κ3) is 5.58. The molecule has 4 heteroatoms. The molecule has 3 atom stereocenters. The van der Waals surface area contributed by atoms with Gasteiger partial charge in [-0.25, -0.2) is 4.79 Å². The van der Waals surface area contributed by atoms with Crippen molar-refractivity contribution in [1.82, 2.24) is 0 Å². The molecule has 0 spiro atoms. The predicted octanol–water partition coefficient (Wildman–Crippen LogP) is 0.719. The summed E-state index contributed by atoms with van der Waals surface area (Å²) >= 11 is 0. The van der Waals surface area contributed by atoms with E-state index < -0.39 is 12.2 Å². The zero-order valence-corrected chi connectivity index (χ0v) is 11.2. The first-order valence-corrected chi connectivity index (χ1v) is 6.11. The molecule has 0 saturated carbocycles. The molecule has 20 heavy (non-hydrogen) atoms. The standard InChI is InChI=1S/C16H16O4/c1-3-14(17)8-4-5-9-15(18)10-6-7-13-11-12(2)20-16(13)19/h3,6,10-12,14-15,17-18H,1,7H2,2H3. The summed E-state index contributed by atoms with van der Waals surface area (Å²) in [6.45, 7) is 5.14. The van der Waals surface area contributed by atoms with Crippen LogP contribution in [0.15, 0.2) is 36.5 Å². The van der Waals surface area contributed by atoms with Crippen molar-refractivity contribution >= 4 is 5.97 Å². The number of carbonyl (C=O) groups excluding carboxylic acids is 1. The van der Waals surface area contributed by atoms with Gasteiger partial charge < -0.3 is 14.9 Å². The van der Waals surface area contributed by atoms with Crippen LogP contribution in [0.3, 0.4) is 0 Å². The van der Waals surface area contributed by atoms with E-state index in [1.165, 1.54) is 12.2 Å². The maximum Gasteiger partial charge on any atom is 0.334 e. The molecule has 0 bridgehead atoms. The minimum Gasteiger partial charge on any atom is -0.455 e. The lowest BCUT2D eigenvalue weighted by Gasteiger charge is -1.97. The molecule has 0 amide bonds. The van der Waals surface area contributed by atoms with E-state index >= 15 is 0 Å². The quantitative estimate of drug-likeness (QED) is 0.449. The van der Waals surface area contributed by atoms with Gasteiger partial charge in [-0.3, -0.25) is 0 Å². The van der Waals surface area contributed by atoms with Crippen LogP contribution in [0.25, 0.3) is 0 Å². The Balaban J connectivity index is 2.44. The van der Waals surface area contributed by atoms with Crippen LogP contribution in [-0.4, -0.2) is 34.5 Å². The average Bonchev–Trinajstić information content (AvgIpc) is 2.73. The number of aliphatic hydroxyl groups excluding tert-OH is 2. The Kier molecular flexibility index (Phi) is 6.32. The van der Waals surface area contributed by atoms with Gasteiger partial charge in [-0.1, -0.05) is 30.6 Å². The van der Waals surface area contributed by atoms with Gasteiger partial charge in [-0.05, 0) is 37.3 Å². The maximum absolute atomic E-state index is 11.3. The van der Waals surface area contributed by atoms with Gasteiger partial charge in [0.1, 0.15) is 18.3 Å². The molecule has 1 rings (SSSR count). The predicted molar refractivity (Wildman–Crippen MR) is 75.2 cm³/mol. The first-order chi connectivity index (χ1) is 9.52. The SMILES string of the molecule is C=CC(O)C#CC#CC(O)C=CCC1=CC(C)OC1=O. The largest absolute Gasteiger partial charge is 0.455 e. The third-order valence-corrected chi connectivity index (χ3v) is 2.37. The first kappa shape index (κ1) is 15.8. The fraction of sp³-hybridized carbons (Fsp3) is 0.312. The van der Waals surface area contributed by atoms with Crippen LogP contribution in [0.2, 0.25) is 0 Å². The third-order valence-electron chi connectivity index (χ3n) is 2.37. The molecule has 0 aromatic carbocycles. The summed E-state index contributed by atoms with van der Waals surface area (Å²) in [6, 6.07) is 0. The lowest BCUT2D eigenvalue weighted by Crippen LogP contribution is -2.03. The Morgan fingerprint density at radius 1 is 1.40 bits per heavy atom. The van der Waals surface area contributed by atoms with Gasteiger partial charge >= 0.3 is 5.97 Å². The Morgan fingerprint density at radius 2 is 2.05 bits per heavy atom. The van der Waals surface area contributed by atoms with Gasteiger partial charge in [0.05, 0.1) is 0 Å². The van der Waals surface area contributed by atoms with Crippen molar-refractivity contribution in [3.63, 3.8) is 0 Å². The van der Waals surface area contributed by atoms with Crippen LogP contribution in [0, 0.1) is 23.7 Å².